The van der Waals surface area contributed by atoms with Crippen LogP contribution in [0.15, 0.2) is 58.5 Å². The zero-order valence-electron chi connectivity index (χ0n) is 13.1. The van der Waals surface area contributed by atoms with Crippen LogP contribution in [0.5, 0.6) is 0 Å². The standard InChI is InChI=1S/C16H13F4N3O2S/c17-13-4-2-1-3-12(13)14-9-15(16(18,19)20)22-23(14)10-5-7-11(8-6-10)26(21,24)25/h1-8,14H,9H2,(H2,21,24,25). The molecule has 0 amide bonds. The van der Waals surface area contributed by atoms with Gasteiger partial charge in [-0.3, -0.25) is 5.01 Å². The summed E-state index contributed by atoms with van der Waals surface area (Å²) in [5, 5.41) is 9.64. The van der Waals surface area contributed by atoms with Gasteiger partial charge in [0.2, 0.25) is 10.0 Å². The van der Waals surface area contributed by atoms with Gasteiger partial charge in [0, 0.05) is 12.0 Å². The van der Waals surface area contributed by atoms with E-state index in [9.17, 15) is 26.0 Å². The summed E-state index contributed by atoms with van der Waals surface area (Å²) in [7, 11) is -3.94. The minimum absolute atomic E-state index is 0.0611. The number of primary sulfonamides is 1. The third kappa shape index (κ3) is 3.56. The van der Waals surface area contributed by atoms with Gasteiger partial charge in [0.15, 0.2) is 0 Å². The number of anilines is 1. The fraction of sp³-hybridized carbons (Fsp3) is 0.188. The first-order valence-corrected chi connectivity index (χ1v) is 8.93. The number of alkyl halides is 3. The molecule has 2 aromatic rings. The van der Waals surface area contributed by atoms with Crippen LogP contribution in [0.2, 0.25) is 0 Å². The second-order valence-corrected chi connectivity index (χ2v) is 7.23. The van der Waals surface area contributed by atoms with Crippen LogP contribution in [-0.2, 0) is 10.0 Å². The van der Waals surface area contributed by atoms with Gasteiger partial charge in [-0.1, -0.05) is 18.2 Å². The Morgan fingerprint density at radius 2 is 1.69 bits per heavy atom. The molecule has 1 atom stereocenters. The lowest BCUT2D eigenvalue weighted by molar-refractivity contribution is -0.0600. The van der Waals surface area contributed by atoms with Gasteiger partial charge < -0.3 is 0 Å². The summed E-state index contributed by atoms with van der Waals surface area (Å²) in [5.41, 5.74) is -0.794. The Morgan fingerprint density at radius 1 is 1.08 bits per heavy atom. The Bertz CT molecular complexity index is 956. The Hall–Kier alpha value is -2.46. The van der Waals surface area contributed by atoms with Crippen LogP contribution in [0.25, 0.3) is 0 Å². The number of halogens is 4. The van der Waals surface area contributed by atoms with Crippen molar-refractivity contribution >= 4 is 21.4 Å². The van der Waals surface area contributed by atoms with Crippen molar-refractivity contribution in [2.24, 2.45) is 10.2 Å². The van der Waals surface area contributed by atoms with E-state index in [4.69, 9.17) is 5.14 Å². The fourth-order valence-corrected chi connectivity index (χ4v) is 3.21. The molecular weight excluding hydrogens is 374 g/mol. The van der Waals surface area contributed by atoms with Crippen LogP contribution in [0.4, 0.5) is 23.2 Å². The van der Waals surface area contributed by atoms with E-state index < -0.39 is 40.2 Å². The summed E-state index contributed by atoms with van der Waals surface area (Å²) in [6.07, 6.45) is -5.18. The molecule has 2 N–H and O–H groups in total. The molecule has 0 spiro atoms. The van der Waals surface area contributed by atoms with Crippen molar-refractivity contribution in [1.82, 2.24) is 0 Å². The van der Waals surface area contributed by atoms with Crippen molar-refractivity contribution in [2.75, 3.05) is 5.01 Å². The first kappa shape index (κ1) is 18.3. The highest BCUT2D eigenvalue weighted by molar-refractivity contribution is 7.89. The van der Waals surface area contributed by atoms with Gasteiger partial charge in [0.25, 0.3) is 0 Å². The quantitative estimate of drug-likeness (QED) is 0.821. The van der Waals surface area contributed by atoms with Gasteiger partial charge in [-0.05, 0) is 30.3 Å². The van der Waals surface area contributed by atoms with E-state index in [0.29, 0.717) is 0 Å². The number of nitrogens with zero attached hydrogens (tertiary/aromatic N) is 2. The van der Waals surface area contributed by atoms with Gasteiger partial charge in [-0.15, -0.1) is 0 Å². The summed E-state index contributed by atoms with van der Waals surface area (Å²) in [6, 6.07) is 9.36. The summed E-state index contributed by atoms with van der Waals surface area (Å²) in [5.74, 6) is -0.651. The van der Waals surface area contributed by atoms with E-state index in [1.54, 1.807) is 0 Å². The normalized spacial score (nSPS) is 18.1. The molecule has 138 valence electrons. The maximum Gasteiger partial charge on any atom is 0.431 e. The molecule has 2 aromatic carbocycles. The molecule has 0 saturated carbocycles. The Balaban J connectivity index is 2.05. The highest BCUT2D eigenvalue weighted by atomic mass is 32.2. The molecule has 5 nitrogen and oxygen atoms in total. The predicted molar refractivity (Wildman–Crippen MR) is 87.5 cm³/mol. The monoisotopic (exact) mass is 387 g/mol. The van der Waals surface area contributed by atoms with Gasteiger partial charge in [-0.25, -0.2) is 17.9 Å². The highest BCUT2D eigenvalue weighted by Crippen LogP contribution is 2.40. The van der Waals surface area contributed by atoms with Crippen molar-refractivity contribution in [3.63, 3.8) is 0 Å². The Labute approximate surface area is 146 Å². The van der Waals surface area contributed by atoms with Crippen molar-refractivity contribution in [3.8, 4) is 0 Å². The molecule has 0 aliphatic carbocycles. The van der Waals surface area contributed by atoms with Crippen LogP contribution >= 0.6 is 0 Å². The van der Waals surface area contributed by atoms with Crippen LogP contribution in [0.3, 0.4) is 0 Å². The summed E-state index contributed by atoms with van der Waals surface area (Å²) >= 11 is 0. The minimum atomic E-state index is -4.65. The Kier molecular flexibility index (Phi) is 4.49. The molecule has 1 heterocycles. The van der Waals surface area contributed by atoms with Gasteiger partial charge in [-0.2, -0.15) is 18.3 Å². The lowest BCUT2D eigenvalue weighted by Gasteiger charge is -2.24. The number of sulfonamides is 1. The molecular formula is C16H13F4N3O2S. The van der Waals surface area contributed by atoms with Crippen LogP contribution in [0, 0.1) is 5.82 Å². The average Bonchev–Trinajstić information content (AvgIpc) is 3.00. The van der Waals surface area contributed by atoms with E-state index in [0.717, 1.165) is 23.2 Å². The fourth-order valence-electron chi connectivity index (χ4n) is 2.70. The van der Waals surface area contributed by atoms with Gasteiger partial charge >= 0.3 is 6.18 Å². The molecule has 1 unspecified atom stereocenters. The molecule has 1 aliphatic heterocycles. The minimum Gasteiger partial charge on any atom is -0.257 e. The number of nitrogens with two attached hydrogens (primary N) is 1. The lowest BCUT2D eigenvalue weighted by Crippen LogP contribution is -2.22. The summed E-state index contributed by atoms with van der Waals surface area (Å²) in [6.45, 7) is 0. The van der Waals surface area contributed by atoms with Gasteiger partial charge in [0.1, 0.15) is 11.5 Å². The maximum absolute atomic E-state index is 14.1. The first-order chi connectivity index (χ1) is 12.1. The van der Waals surface area contributed by atoms with Crippen molar-refractivity contribution in [3.05, 3.63) is 59.9 Å². The lowest BCUT2D eigenvalue weighted by atomic mass is 10.0. The molecule has 0 radical (unpaired) electrons. The molecule has 10 heteroatoms. The third-order valence-corrected chi connectivity index (χ3v) is 4.86. The van der Waals surface area contributed by atoms with E-state index in [-0.39, 0.29) is 16.1 Å². The topological polar surface area (TPSA) is 75.8 Å². The van der Waals surface area contributed by atoms with Crippen molar-refractivity contribution in [1.29, 1.82) is 0 Å². The molecule has 0 aromatic heterocycles. The average molecular weight is 387 g/mol. The number of benzene rings is 2. The molecule has 3 rings (SSSR count). The number of rotatable bonds is 3. The number of hydrogen-bond donors (Lipinski definition) is 1. The zero-order valence-corrected chi connectivity index (χ0v) is 13.9. The molecule has 0 fully saturated rings. The van der Waals surface area contributed by atoms with Crippen LogP contribution in [-0.4, -0.2) is 20.3 Å². The zero-order chi connectivity index (χ0) is 19.1. The molecule has 26 heavy (non-hydrogen) atoms. The predicted octanol–water partition coefficient (Wildman–Crippen LogP) is 3.34. The van der Waals surface area contributed by atoms with Crippen LogP contribution < -0.4 is 10.1 Å². The smallest absolute Gasteiger partial charge is 0.257 e. The SMILES string of the molecule is NS(=O)(=O)c1ccc(N2N=C(C(F)(F)F)CC2c2ccccc2F)cc1. The number of hydrogen-bond acceptors (Lipinski definition) is 4. The number of hydrazone groups is 1. The highest BCUT2D eigenvalue weighted by Gasteiger charge is 2.44. The van der Waals surface area contributed by atoms with E-state index in [1.165, 1.54) is 30.3 Å². The van der Waals surface area contributed by atoms with E-state index in [1.807, 2.05) is 0 Å². The third-order valence-electron chi connectivity index (χ3n) is 3.93. The Morgan fingerprint density at radius 3 is 2.23 bits per heavy atom. The molecule has 0 bridgehead atoms. The van der Waals surface area contributed by atoms with Crippen molar-refractivity contribution in [2.45, 2.75) is 23.5 Å². The summed E-state index contributed by atoms with van der Waals surface area (Å²) in [4.78, 5) is -0.192. The van der Waals surface area contributed by atoms with E-state index in [2.05, 4.69) is 5.10 Å². The maximum atomic E-state index is 14.1. The van der Waals surface area contributed by atoms with Crippen LogP contribution in [0.1, 0.15) is 18.0 Å². The van der Waals surface area contributed by atoms with Crippen molar-refractivity contribution < 1.29 is 26.0 Å². The molecule has 1 aliphatic rings. The largest absolute Gasteiger partial charge is 0.431 e. The first-order valence-electron chi connectivity index (χ1n) is 7.38. The summed E-state index contributed by atoms with van der Waals surface area (Å²) < 4.78 is 76.1. The second kappa shape index (κ2) is 6.36. The second-order valence-electron chi connectivity index (χ2n) is 5.67. The van der Waals surface area contributed by atoms with E-state index >= 15 is 0 Å². The molecule has 0 saturated heterocycles. The van der Waals surface area contributed by atoms with Gasteiger partial charge in [0.05, 0.1) is 16.6 Å².